The predicted octanol–water partition coefficient (Wildman–Crippen LogP) is 1.92. The van der Waals surface area contributed by atoms with Gasteiger partial charge >= 0.3 is 12.2 Å². The molecule has 2 N–H and O–H groups in total. The number of carboxylic acid groups (broad SMARTS) is 1. The maximum absolute atomic E-state index is 11.1. The van der Waals surface area contributed by atoms with Gasteiger partial charge in [-0.25, -0.2) is 14.6 Å². The highest BCUT2D eigenvalue weighted by molar-refractivity contribution is 7.13. The van der Waals surface area contributed by atoms with Gasteiger partial charge in [-0.3, -0.25) is 0 Å². The number of alkyl carbamates (subject to hydrolysis) is 1. The average molecular weight is 272 g/mol. The third-order valence-corrected chi connectivity index (χ3v) is 2.73. The summed E-state index contributed by atoms with van der Waals surface area (Å²) >= 11 is 1.05. The molecule has 98 valence electrons. The van der Waals surface area contributed by atoms with Crippen LogP contribution in [0.2, 0.25) is 0 Å². The summed E-state index contributed by atoms with van der Waals surface area (Å²) < 4.78 is 9.21. The van der Waals surface area contributed by atoms with Gasteiger partial charge < -0.3 is 19.9 Å². The summed E-state index contributed by atoms with van der Waals surface area (Å²) in [6, 6.07) is 0. The summed E-state index contributed by atoms with van der Waals surface area (Å²) in [4.78, 5) is 25.5. The first kappa shape index (κ1) is 14.0. The first-order chi connectivity index (χ1) is 8.52. The van der Waals surface area contributed by atoms with Gasteiger partial charge in [-0.05, 0) is 6.92 Å². The minimum absolute atomic E-state index is 0.121. The highest BCUT2D eigenvalue weighted by atomic mass is 32.1. The van der Waals surface area contributed by atoms with Crippen LogP contribution in [0, 0.1) is 6.92 Å². The molecule has 0 atom stereocenters. The van der Waals surface area contributed by atoms with Crippen molar-refractivity contribution in [3.05, 3.63) is 23.4 Å². The Hall–Kier alpha value is -2.09. The fourth-order valence-corrected chi connectivity index (χ4v) is 1.87. The van der Waals surface area contributed by atoms with Crippen molar-refractivity contribution < 1.29 is 24.2 Å². The van der Waals surface area contributed by atoms with Crippen molar-refractivity contribution in [2.24, 2.45) is 0 Å². The number of rotatable bonds is 5. The first-order valence-electron chi connectivity index (χ1n) is 4.91. The Morgan fingerprint density at radius 1 is 1.61 bits per heavy atom. The summed E-state index contributed by atoms with van der Waals surface area (Å²) in [5.41, 5.74) is 0.457. The van der Waals surface area contributed by atoms with Gasteiger partial charge in [-0.1, -0.05) is 24.0 Å². The number of amides is 1. The monoisotopic (exact) mass is 272 g/mol. The molecule has 1 heterocycles. The van der Waals surface area contributed by atoms with Crippen molar-refractivity contribution in [1.29, 1.82) is 0 Å². The number of carbonyl (C=O) groups is 2. The zero-order chi connectivity index (χ0) is 13.5. The van der Waals surface area contributed by atoms with Crippen LogP contribution in [0.15, 0.2) is 12.7 Å². The molecule has 0 aliphatic carbocycles. The molecule has 0 bridgehead atoms. The van der Waals surface area contributed by atoms with E-state index in [4.69, 9.17) is 9.84 Å². The largest absolute Gasteiger partial charge is 0.512 e. The average Bonchev–Trinajstić information content (AvgIpc) is 2.64. The molecule has 0 fully saturated rings. The highest BCUT2D eigenvalue weighted by Gasteiger charge is 2.12. The Morgan fingerprint density at radius 2 is 2.33 bits per heavy atom. The van der Waals surface area contributed by atoms with Gasteiger partial charge in [0.1, 0.15) is 11.6 Å². The summed E-state index contributed by atoms with van der Waals surface area (Å²) in [5.74, 6) is 0. The molecular formula is C10H12N2O5S. The van der Waals surface area contributed by atoms with Crippen LogP contribution in [0.25, 0.3) is 0 Å². The second-order valence-electron chi connectivity index (χ2n) is 3.09. The minimum Gasteiger partial charge on any atom is -0.449 e. The van der Waals surface area contributed by atoms with Crippen LogP contribution in [-0.2, 0) is 11.3 Å². The van der Waals surface area contributed by atoms with Gasteiger partial charge in [0.25, 0.3) is 0 Å². The molecule has 18 heavy (non-hydrogen) atoms. The number of aryl methyl sites for hydroxylation is 1. The number of thiazole rings is 1. The zero-order valence-electron chi connectivity index (χ0n) is 9.63. The molecule has 0 aliphatic rings. The molecule has 7 nitrogen and oxygen atoms in total. The van der Waals surface area contributed by atoms with Gasteiger partial charge in [0, 0.05) is 0 Å². The van der Waals surface area contributed by atoms with Crippen molar-refractivity contribution in [3.8, 4) is 5.06 Å². The molecule has 1 amide bonds. The molecule has 0 radical (unpaired) electrons. The van der Waals surface area contributed by atoms with Crippen molar-refractivity contribution in [3.63, 3.8) is 0 Å². The normalized spacial score (nSPS) is 9.61. The second-order valence-corrected chi connectivity index (χ2v) is 4.14. The van der Waals surface area contributed by atoms with E-state index < -0.39 is 12.2 Å². The lowest BCUT2D eigenvalue weighted by Gasteiger charge is -2.02. The van der Waals surface area contributed by atoms with Crippen LogP contribution in [0.3, 0.4) is 0 Å². The molecule has 0 saturated carbocycles. The van der Waals surface area contributed by atoms with Crippen LogP contribution >= 0.6 is 11.3 Å². The van der Waals surface area contributed by atoms with E-state index in [0.29, 0.717) is 10.7 Å². The van der Waals surface area contributed by atoms with Crippen LogP contribution < -0.4 is 10.1 Å². The number of hydrogen-bond donors (Lipinski definition) is 2. The summed E-state index contributed by atoms with van der Waals surface area (Å²) in [6.45, 7) is 5.29. The fraction of sp³-hybridized carbons (Fsp3) is 0.300. The van der Waals surface area contributed by atoms with Gasteiger partial charge in [-0.15, -0.1) is 0 Å². The molecule has 8 heteroatoms. The number of aromatic nitrogens is 1. The molecule has 1 aromatic rings. The van der Waals surface area contributed by atoms with Gasteiger partial charge in [0.2, 0.25) is 5.06 Å². The Balaban J connectivity index is 2.50. The fourth-order valence-electron chi connectivity index (χ4n) is 1.02. The summed E-state index contributed by atoms with van der Waals surface area (Å²) in [6.07, 6.45) is -0.540. The first-order valence-corrected chi connectivity index (χ1v) is 5.73. The van der Waals surface area contributed by atoms with Crippen molar-refractivity contribution in [2.75, 3.05) is 6.61 Å². The van der Waals surface area contributed by atoms with E-state index in [9.17, 15) is 9.59 Å². The summed E-state index contributed by atoms with van der Waals surface area (Å²) in [7, 11) is 0. The molecule has 1 rings (SSSR count). The standard InChI is InChI=1S/C10H12N2O5S/c1-3-4-16-9(13)11-5-7-12-6(2)8(18-7)17-10(14)15/h3H,1,4-5H2,2H3,(H,11,13)(H,14,15). The van der Waals surface area contributed by atoms with Crippen LogP contribution in [0.1, 0.15) is 10.7 Å². The molecule has 0 unspecified atom stereocenters. The minimum atomic E-state index is -1.40. The second kappa shape index (κ2) is 6.60. The lowest BCUT2D eigenvalue weighted by molar-refractivity contribution is 0.145. The maximum atomic E-state index is 11.1. The SMILES string of the molecule is C=CCOC(=O)NCc1nc(C)c(OC(=O)O)s1. The van der Waals surface area contributed by atoms with E-state index in [1.54, 1.807) is 6.92 Å². The molecule has 0 aromatic carbocycles. The number of nitrogens with one attached hydrogen (secondary N) is 1. The van der Waals surface area contributed by atoms with E-state index >= 15 is 0 Å². The van der Waals surface area contributed by atoms with E-state index in [1.807, 2.05) is 0 Å². The quantitative estimate of drug-likeness (QED) is 0.627. The Labute approximate surface area is 107 Å². The van der Waals surface area contributed by atoms with E-state index in [2.05, 4.69) is 21.6 Å². The highest BCUT2D eigenvalue weighted by Crippen LogP contribution is 2.26. The number of carbonyl (C=O) groups excluding carboxylic acids is 1. The Bertz CT molecular complexity index is 457. The van der Waals surface area contributed by atoms with Crippen molar-refractivity contribution in [1.82, 2.24) is 10.3 Å². The maximum Gasteiger partial charge on any atom is 0.512 e. The lowest BCUT2D eigenvalue weighted by atomic mass is 10.5. The zero-order valence-corrected chi connectivity index (χ0v) is 10.5. The molecule has 0 saturated heterocycles. The van der Waals surface area contributed by atoms with Gasteiger partial charge in [0.05, 0.1) is 12.2 Å². The number of hydrogen-bond acceptors (Lipinski definition) is 6. The third kappa shape index (κ3) is 4.42. The number of ether oxygens (including phenoxy) is 2. The van der Waals surface area contributed by atoms with Crippen molar-refractivity contribution >= 4 is 23.6 Å². The smallest absolute Gasteiger partial charge is 0.449 e. The van der Waals surface area contributed by atoms with Gasteiger partial charge in [0.15, 0.2) is 0 Å². The topological polar surface area (TPSA) is 97.8 Å². The van der Waals surface area contributed by atoms with Gasteiger partial charge in [-0.2, -0.15) is 0 Å². The molecular weight excluding hydrogens is 260 g/mol. The summed E-state index contributed by atoms with van der Waals surface area (Å²) in [5, 5.41) is 11.7. The van der Waals surface area contributed by atoms with Crippen LogP contribution in [-0.4, -0.2) is 28.9 Å². The Kier molecular flexibility index (Phi) is 5.12. The number of nitrogens with zero attached hydrogens (tertiary/aromatic N) is 1. The lowest BCUT2D eigenvalue weighted by Crippen LogP contribution is -2.23. The predicted molar refractivity (Wildman–Crippen MR) is 63.9 cm³/mol. The molecule has 0 aliphatic heterocycles. The third-order valence-electron chi connectivity index (χ3n) is 1.69. The van der Waals surface area contributed by atoms with Crippen molar-refractivity contribution in [2.45, 2.75) is 13.5 Å². The molecule has 0 spiro atoms. The van der Waals surface area contributed by atoms with E-state index in [-0.39, 0.29) is 18.2 Å². The van der Waals surface area contributed by atoms with E-state index in [1.165, 1.54) is 6.08 Å². The molecule has 1 aromatic heterocycles. The van der Waals surface area contributed by atoms with Crippen LogP contribution in [0.5, 0.6) is 5.06 Å². The van der Waals surface area contributed by atoms with Crippen LogP contribution in [0.4, 0.5) is 9.59 Å². The Morgan fingerprint density at radius 3 is 2.94 bits per heavy atom. The van der Waals surface area contributed by atoms with E-state index in [0.717, 1.165) is 11.3 Å².